The van der Waals surface area contributed by atoms with Gasteiger partial charge < -0.3 is 9.47 Å². The predicted molar refractivity (Wildman–Crippen MR) is 102 cm³/mol. The number of amides is 1. The maximum Gasteiger partial charge on any atom is 0.245 e. The van der Waals surface area contributed by atoms with Gasteiger partial charge in [-0.1, -0.05) is 33.1 Å². The van der Waals surface area contributed by atoms with E-state index in [1.165, 1.54) is 19.3 Å². The first-order chi connectivity index (χ1) is 12.5. The standard InChI is InChI=1S/C20H31N5O/c1-15(2)19-21-10-11-24(19)16(3)20(26)25(18-8-6-5-7-9-18)14-17-12-22-23(4)13-17/h10-13,15-16,18H,5-9,14H2,1-4H3. The van der Waals surface area contributed by atoms with Gasteiger partial charge in [-0.25, -0.2) is 4.98 Å². The summed E-state index contributed by atoms with van der Waals surface area (Å²) in [5.74, 6) is 1.44. The highest BCUT2D eigenvalue weighted by molar-refractivity contribution is 5.80. The van der Waals surface area contributed by atoms with Crippen molar-refractivity contribution in [3.63, 3.8) is 0 Å². The highest BCUT2D eigenvalue weighted by Crippen LogP contribution is 2.27. The molecule has 1 aliphatic carbocycles. The number of carbonyl (C=O) groups is 1. The molecule has 1 amide bonds. The lowest BCUT2D eigenvalue weighted by Gasteiger charge is -2.36. The molecule has 0 saturated heterocycles. The van der Waals surface area contributed by atoms with Gasteiger partial charge in [-0.2, -0.15) is 5.10 Å². The molecule has 0 spiro atoms. The molecule has 1 aliphatic rings. The normalized spacial score (nSPS) is 16.8. The van der Waals surface area contributed by atoms with Crippen LogP contribution in [0.15, 0.2) is 24.8 Å². The monoisotopic (exact) mass is 357 g/mol. The Morgan fingerprint density at radius 2 is 2.00 bits per heavy atom. The van der Waals surface area contributed by atoms with E-state index >= 15 is 0 Å². The maximum atomic E-state index is 13.5. The van der Waals surface area contributed by atoms with Crippen molar-refractivity contribution in [3.05, 3.63) is 36.2 Å². The van der Waals surface area contributed by atoms with Crippen LogP contribution in [0.3, 0.4) is 0 Å². The van der Waals surface area contributed by atoms with E-state index in [1.54, 1.807) is 10.9 Å². The number of imidazole rings is 1. The van der Waals surface area contributed by atoms with Crippen LogP contribution in [-0.2, 0) is 18.4 Å². The zero-order valence-electron chi connectivity index (χ0n) is 16.4. The molecule has 0 aromatic carbocycles. The third kappa shape index (κ3) is 4.00. The minimum absolute atomic E-state index is 0.181. The van der Waals surface area contributed by atoms with Crippen LogP contribution in [0, 0.1) is 0 Å². The second-order valence-corrected chi connectivity index (χ2v) is 7.80. The molecule has 0 bridgehead atoms. The van der Waals surface area contributed by atoms with Gasteiger partial charge >= 0.3 is 0 Å². The Hall–Kier alpha value is -2.11. The molecular formula is C20H31N5O. The molecule has 1 unspecified atom stereocenters. The largest absolute Gasteiger partial charge is 0.333 e. The summed E-state index contributed by atoms with van der Waals surface area (Å²) in [4.78, 5) is 20.0. The molecule has 3 rings (SSSR count). The Labute approximate surface area is 156 Å². The van der Waals surface area contributed by atoms with Gasteiger partial charge in [0.15, 0.2) is 0 Å². The van der Waals surface area contributed by atoms with E-state index in [2.05, 4.69) is 28.8 Å². The summed E-state index contributed by atoms with van der Waals surface area (Å²) >= 11 is 0. The number of hydrogen-bond acceptors (Lipinski definition) is 3. The lowest BCUT2D eigenvalue weighted by molar-refractivity contribution is -0.138. The van der Waals surface area contributed by atoms with Crippen molar-refractivity contribution in [1.29, 1.82) is 0 Å². The van der Waals surface area contributed by atoms with Gasteiger partial charge in [-0.15, -0.1) is 0 Å². The first kappa shape index (κ1) is 18.7. The third-order valence-corrected chi connectivity index (χ3v) is 5.40. The summed E-state index contributed by atoms with van der Waals surface area (Å²) in [6.45, 7) is 6.86. The number of carbonyl (C=O) groups excluding carboxylic acids is 1. The van der Waals surface area contributed by atoms with Gasteiger partial charge in [0.2, 0.25) is 5.91 Å². The second-order valence-electron chi connectivity index (χ2n) is 7.80. The Kier molecular flexibility index (Phi) is 5.79. The topological polar surface area (TPSA) is 56.0 Å². The second kappa shape index (κ2) is 8.06. The highest BCUT2D eigenvalue weighted by atomic mass is 16.2. The molecule has 142 valence electrons. The highest BCUT2D eigenvalue weighted by Gasteiger charge is 2.30. The predicted octanol–water partition coefficient (Wildman–Crippen LogP) is 3.66. The molecule has 26 heavy (non-hydrogen) atoms. The Morgan fingerprint density at radius 3 is 2.62 bits per heavy atom. The number of hydrogen-bond donors (Lipinski definition) is 0. The fourth-order valence-corrected chi connectivity index (χ4v) is 3.99. The van der Waals surface area contributed by atoms with Crippen molar-refractivity contribution in [3.8, 4) is 0 Å². The molecule has 2 heterocycles. The van der Waals surface area contributed by atoms with E-state index in [0.717, 1.165) is 24.2 Å². The fourth-order valence-electron chi connectivity index (χ4n) is 3.99. The van der Waals surface area contributed by atoms with Crippen LogP contribution >= 0.6 is 0 Å². The van der Waals surface area contributed by atoms with E-state index < -0.39 is 0 Å². The summed E-state index contributed by atoms with van der Waals surface area (Å²) in [6.07, 6.45) is 13.5. The first-order valence-corrected chi connectivity index (χ1v) is 9.78. The lowest BCUT2D eigenvalue weighted by Crippen LogP contribution is -2.44. The number of aromatic nitrogens is 4. The van der Waals surface area contributed by atoms with Crippen molar-refractivity contribution >= 4 is 5.91 Å². The van der Waals surface area contributed by atoms with E-state index in [-0.39, 0.29) is 11.9 Å². The number of nitrogens with zero attached hydrogens (tertiary/aromatic N) is 5. The number of rotatable bonds is 6. The van der Waals surface area contributed by atoms with Gasteiger partial charge in [0, 0.05) is 49.7 Å². The molecule has 6 heteroatoms. The molecule has 1 fully saturated rings. The molecular weight excluding hydrogens is 326 g/mol. The van der Waals surface area contributed by atoms with Crippen LogP contribution in [0.5, 0.6) is 0 Å². The van der Waals surface area contributed by atoms with Crippen molar-refractivity contribution in [2.75, 3.05) is 0 Å². The zero-order valence-corrected chi connectivity index (χ0v) is 16.4. The summed E-state index contributed by atoms with van der Waals surface area (Å²) in [6, 6.07) is 0.0819. The Bertz CT molecular complexity index is 726. The van der Waals surface area contributed by atoms with Crippen LogP contribution in [0.1, 0.15) is 76.2 Å². The van der Waals surface area contributed by atoms with E-state index in [0.29, 0.717) is 18.5 Å². The minimum atomic E-state index is -0.242. The smallest absolute Gasteiger partial charge is 0.245 e. The number of aryl methyl sites for hydroxylation is 1. The molecule has 6 nitrogen and oxygen atoms in total. The van der Waals surface area contributed by atoms with Gasteiger partial charge in [-0.05, 0) is 19.8 Å². The Morgan fingerprint density at radius 1 is 1.27 bits per heavy atom. The molecule has 2 aromatic rings. The summed E-state index contributed by atoms with van der Waals surface area (Å²) in [7, 11) is 1.92. The van der Waals surface area contributed by atoms with E-state index in [9.17, 15) is 4.79 Å². The van der Waals surface area contributed by atoms with Gasteiger partial charge in [-0.3, -0.25) is 9.48 Å². The summed E-state index contributed by atoms with van der Waals surface area (Å²) in [5, 5.41) is 4.27. The van der Waals surface area contributed by atoms with Crippen molar-refractivity contribution in [1.82, 2.24) is 24.2 Å². The van der Waals surface area contributed by atoms with E-state index in [4.69, 9.17) is 0 Å². The van der Waals surface area contributed by atoms with Crippen LogP contribution in [-0.4, -0.2) is 36.2 Å². The quantitative estimate of drug-likeness (QED) is 0.793. The molecule has 1 atom stereocenters. The van der Waals surface area contributed by atoms with Crippen LogP contribution < -0.4 is 0 Å². The first-order valence-electron chi connectivity index (χ1n) is 9.78. The van der Waals surface area contributed by atoms with Gasteiger partial charge in [0.05, 0.1) is 6.20 Å². The molecule has 1 saturated carbocycles. The molecule has 0 aliphatic heterocycles. The van der Waals surface area contributed by atoms with Crippen LogP contribution in [0.25, 0.3) is 0 Å². The maximum absolute atomic E-state index is 13.5. The Balaban J connectivity index is 1.84. The zero-order chi connectivity index (χ0) is 18.7. The van der Waals surface area contributed by atoms with Crippen LogP contribution in [0.2, 0.25) is 0 Å². The van der Waals surface area contributed by atoms with Gasteiger partial charge in [0.1, 0.15) is 11.9 Å². The van der Waals surface area contributed by atoms with Crippen molar-refractivity contribution < 1.29 is 4.79 Å². The average Bonchev–Trinajstić information content (AvgIpc) is 3.28. The van der Waals surface area contributed by atoms with Crippen molar-refractivity contribution in [2.45, 2.75) is 77.4 Å². The third-order valence-electron chi connectivity index (χ3n) is 5.40. The SMILES string of the molecule is CC(C)c1nccn1C(C)C(=O)N(Cc1cnn(C)c1)C1CCCCC1. The minimum Gasteiger partial charge on any atom is -0.333 e. The van der Waals surface area contributed by atoms with Crippen LogP contribution in [0.4, 0.5) is 0 Å². The van der Waals surface area contributed by atoms with Gasteiger partial charge in [0.25, 0.3) is 0 Å². The summed E-state index contributed by atoms with van der Waals surface area (Å²) < 4.78 is 3.83. The summed E-state index contributed by atoms with van der Waals surface area (Å²) in [5.41, 5.74) is 1.09. The molecule has 2 aromatic heterocycles. The van der Waals surface area contributed by atoms with Crippen molar-refractivity contribution in [2.24, 2.45) is 7.05 Å². The molecule has 0 N–H and O–H groups in total. The average molecular weight is 358 g/mol. The van der Waals surface area contributed by atoms with E-state index in [1.807, 2.05) is 37.1 Å². The lowest BCUT2D eigenvalue weighted by atomic mass is 9.93. The fraction of sp³-hybridized carbons (Fsp3) is 0.650. The molecule has 0 radical (unpaired) electrons.